The molecule has 0 atom stereocenters. The number of nitro groups is 1. The lowest BCUT2D eigenvalue weighted by molar-refractivity contribution is -0.385. The third-order valence-corrected chi connectivity index (χ3v) is 2.30. The number of nitro benzene ring substituents is 1. The molecule has 2 aromatic carbocycles. The van der Waals surface area contributed by atoms with Gasteiger partial charge in [0.1, 0.15) is 11.6 Å². The van der Waals surface area contributed by atoms with E-state index in [0.29, 0.717) is 5.69 Å². The summed E-state index contributed by atoms with van der Waals surface area (Å²) in [6, 6.07) is 8.80. The molecule has 21 heavy (non-hydrogen) atoms. The third kappa shape index (κ3) is 4.53. The highest BCUT2D eigenvalue weighted by atomic mass is 19.1. The molecule has 0 bridgehead atoms. The molecule has 6 nitrogen and oxygen atoms in total. The van der Waals surface area contributed by atoms with Crippen molar-refractivity contribution in [1.82, 2.24) is 0 Å². The van der Waals surface area contributed by atoms with E-state index in [1.54, 1.807) is 0 Å². The smallest absolute Gasteiger partial charge is 0.285 e. The van der Waals surface area contributed by atoms with Gasteiger partial charge in [-0.25, -0.2) is 8.78 Å². The molecule has 0 aromatic heterocycles. The Bertz CT molecular complexity index is 639. The number of amides is 1. The Morgan fingerprint density at radius 3 is 2.05 bits per heavy atom. The summed E-state index contributed by atoms with van der Waals surface area (Å²) in [4.78, 5) is 20.1. The number of halogens is 2. The van der Waals surface area contributed by atoms with Crippen molar-refractivity contribution >= 4 is 17.3 Å². The molecule has 110 valence electrons. The first kappa shape index (κ1) is 16.0. The molecule has 4 N–H and O–H groups in total. The van der Waals surface area contributed by atoms with Crippen LogP contribution in [0.2, 0.25) is 0 Å². The molecule has 2 aromatic rings. The van der Waals surface area contributed by atoms with Crippen LogP contribution in [0.3, 0.4) is 0 Å². The Morgan fingerprint density at radius 1 is 1.10 bits per heavy atom. The lowest BCUT2D eigenvalue weighted by atomic mass is 10.1. The van der Waals surface area contributed by atoms with E-state index in [1.807, 2.05) is 0 Å². The van der Waals surface area contributed by atoms with Crippen molar-refractivity contribution in [3.8, 4) is 0 Å². The van der Waals surface area contributed by atoms with Crippen molar-refractivity contribution < 1.29 is 18.5 Å². The summed E-state index contributed by atoms with van der Waals surface area (Å²) in [5, 5.41) is 10.3. The maximum absolute atomic E-state index is 12.9. The van der Waals surface area contributed by atoms with Crippen LogP contribution in [-0.4, -0.2) is 10.8 Å². The number of nitrogens with two attached hydrogens (primary N) is 2. The van der Waals surface area contributed by atoms with Gasteiger partial charge in [-0.3, -0.25) is 14.9 Å². The van der Waals surface area contributed by atoms with Gasteiger partial charge in [-0.2, -0.15) is 0 Å². The molecule has 2 rings (SSSR count). The van der Waals surface area contributed by atoms with Crippen molar-refractivity contribution in [2.45, 2.75) is 0 Å². The average Bonchev–Trinajstić information content (AvgIpc) is 2.42. The van der Waals surface area contributed by atoms with Crippen LogP contribution in [0.15, 0.2) is 42.5 Å². The third-order valence-electron chi connectivity index (χ3n) is 2.30. The largest absolute Gasteiger partial charge is 0.399 e. The van der Waals surface area contributed by atoms with Gasteiger partial charge < -0.3 is 11.5 Å². The SMILES string of the molecule is NC(=O)c1c(F)cccc1[N+](=O)[O-].Nc1ccc(F)cc1. The standard InChI is InChI=1S/C7H5FN2O3.C6H6FN/c8-4-2-1-3-5(10(12)13)6(4)7(9)11;7-5-1-3-6(8)4-2-5/h1-3H,(H2,9,11);1-4H,8H2. The van der Waals surface area contributed by atoms with Crippen LogP contribution in [0.5, 0.6) is 0 Å². The van der Waals surface area contributed by atoms with Crippen LogP contribution in [0.4, 0.5) is 20.2 Å². The minimum absolute atomic E-state index is 0.251. The first-order valence-corrected chi connectivity index (χ1v) is 5.56. The number of primary amides is 1. The molecule has 0 saturated carbocycles. The zero-order chi connectivity index (χ0) is 16.0. The molecule has 0 fully saturated rings. The Hall–Kier alpha value is -3.03. The molecular weight excluding hydrogens is 284 g/mol. The molecule has 0 radical (unpaired) electrons. The molecule has 0 spiro atoms. The summed E-state index contributed by atoms with van der Waals surface area (Å²) in [6.07, 6.45) is 0. The van der Waals surface area contributed by atoms with Gasteiger partial charge in [-0.05, 0) is 30.3 Å². The van der Waals surface area contributed by atoms with E-state index in [-0.39, 0.29) is 5.82 Å². The molecular formula is C13H11F2N3O3. The zero-order valence-corrected chi connectivity index (χ0v) is 10.6. The topological polar surface area (TPSA) is 112 Å². The van der Waals surface area contributed by atoms with Crippen LogP contribution in [-0.2, 0) is 0 Å². The van der Waals surface area contributed by atoms with Crippen molar-refractivity contribution in [3.63, 3.8) is 0 Å². The van der Waals surface area contributed by atoms with E-state index in [2.05, 4.69) is 0 Å². The van der Waals surface area contributed by atoms with Gasteiger partial charge >= 0.3 is 0 Å². The highest BCUT2D eigenvalue weighted by Crippen LogP contribution is 2.20. The van der Waals surface area contributed by atoms with Gasteiger partial charge in [0.15, 0.2) is 5.56 Å². The van der Waals surface area contributed by atoms with Crippen LogP contribution in [0.25, 0.3) is 0 Å². The molecule has 1 amide bonds. The van der Waals surface area contributed by atoms with E-state index in [0.717, 1.165) is 18.2 Å². The molecule has 0 aliphatic heterocycles. The predicted molar refractivity (Wildman–Crippen MR) is 72.4 cm³/mol. The molecule has 0 aliphatic carbocycles. The lowest BCUT2D eigenvalue weighted by Gasteiger charge is -1.98. The average molecular weight is 295 g/mol. The van der Waals surface area contributed by atoms with Crippen LogP contribution in [0.1, 0.15) is 10.4 Å². The van der Waals surface area contributed by atoms with Gasteiger partial charge in [0.05, 0.1) is 4.92 Å². The van der Waals surface area contributed by atoms with Gasteiger partial charge in [0.2, 0.25) is 0 Å². The van der Waals surface area contributed by atoms with Crippen molar-refractivity contribution in [2.24, 2.45) is 5.73 Å². The van der Waals surface area contributed by atoms with Crippen molar-refractivity contribution in [2.75, 3.05) is 5.73 Å². The van der Waals surface area contributed by atoms with E-state index < -0.39 is 27.9 Å². The monoisotopic (exact) mass is 295 g/mol. The molecule has 8 heteroatoms. The maximum atomic E-state index is 12.9. The molecule has 0 saturated heterocycles. The van der Waals surface area contributed by atoms with Gasteiger partial charge in [-0.15, -0.1) is 0 Å². The number of rotatable bonds is 2. The van der Waals surface area contributed by atoms with E-state index >= 15 is 0 Å². The lowest BCUT2D eigenvalue weighted by Crippen LogP contribution is -2.15. The molecule has 0 heterocycles. The number of nitrogen functional groups attached to an aromatic ring is 1. The summed E-state index contributed by atoms with van der Waals surface area (Å²) in [6.45, 7) is 0. The minimum Gasteiger partial charge on any atom is -0.399 e. The van der Waals surface area contributed by atoms with Crippen LogP contribution in [0, 0.1) is 21.7 Å². The number of hydrogen-bond acceptors (Lipinski definition) is 4. The summed E-state index contributed by atoms with van der Waals surface area (Å²) in [5.41, 5.74) is 9.31. The second kappa shape index (κ2) is 6.94. The van der Waals surface area contributed by atoms with Gasteiger partial charge in [0.25, 0.3) is 11.6 Å². The number of anilines is 1. The Kier molecular flexibility index (Phi) is 5.30. The summed E-state index contributed by atoms with van der Waals surface area (Å²) in [7, 11) is 0. The van der Waals surface area contributed by atoms with Crippen molar-refractivity contribution in [1.29, 1.82) is 0 Å². The van der Waals surface area contributed by atoms with E-state index in [1.165, 1.54) is 24.3 Å². The highest BCUT2D eigenvalue weighted by molar-refractivity contribution is 5.97. The number of hydrogen-bond donors (Lipinski definition) is 2. The second-order valence-electron chi connectivity index (χ2n) is 3.81. The molecule has 0 unspecified atom stereocenters. The van der Waals surface area contributed by atoms with Gasteiger partial charge in [0, 0.05) is 11.8 Å². The highest BCUT2D eigenvalue weighted by Gasteiger charge is 2.21. The van der Waals surface area contributed by atoms with E-state index in [9.17, 15) is 23.7 Å². The Morgan fingerprint density at radius 2 is 1.67 bits per heavy atom. The van der Waals surface area contributed by atoms with E-state index in [4.69, 9.17) is 11.5 Å². The Balaban J connectivity index is 0.000000235. The molecule has 0 aliphatic rings. The summed E-state index contributed by atoms with van der Waals surface area (Å²) in [5.74, 6) is -2.38. The summed E-state index contributed by atoms with van der Waals surface area (Å²) >= 11 is 0. The fourth-order valence-electron chi connectivity index (χ4n) is 1.37. The first-order valence-electron chi connectivity index (χ1n) is 5.56. The Labute approximate surface area is 118 Å². The minimum atomic E-state index is -1.15. The first-order chi connectivity index (χ1) is 9.82. The number of nitrogens with zero attached hydrogens (tertiary/aromatic N) is 1. The normalized spacial score (nSPS) is 9.43. The van der Waals surface area contributed by atoms with Crippen molar-refractivity contribution in [3.05, 3.63) is 69.8 Å². The number of carbonyl (C=O) groups is 1. The predicted octanol–water partition coefficient (Wildman–Crippen LogP) is 2.24. The van der Waals surface area contributed by atoms with Crippen LogP contribution >= 0.6 is 0 Å². The summed E-state index contributed by atoms with van der Waals surface area (Å²) < 4.78 is 24.9. The fourth-order valence-corrected chi connectivity index (χ4v) is 1.37. The maximum Gasteiger partial charge on any atom is 0.285 e. The van der Waals surface area contributed by atoms with Gasteiger partial charge in [-0.1, -0.05) is 6.07 Å². The quantitative estimate of drug-likeness (QED) is 0.502. The van der Waals surface area contributed by atoms with Crippen LogP contribution < -0.4 is 11.5 Å². The number of carbonyl (C=O) groups excluding carboxylic acids is 1. The zero-order valence-electron chi connectivity index (χ0n) is 10.6. The fraction of sp³-hybridized carbons (Fsp3) is 0. The second-order valence-corrected chi connectivity index (χ2v) is 3.81. The number of benzene rings is 2.